The molecule has 3 aromatic rings. The summed E-state index contributed by atoms with van der Waals surface area (Å²) in [4.78, 5) is 24.8. The van der Waals surface area contributed by atoms with E-state index in [-0.39, 0.29) is 24.5 Å². The van der Waals surface area contributed by atoms with E-state index >= 15 is 0 Å². The molecule has 4 rings (SSSR count). The molecule has 0 fully saturated rings. The molecule has 10 heteroatoms. The third-order valence-corrected chi connectivity index (χ3v) is 5.06. The Hall–Kier alpha value is -3.40. The number of rotatable bonds is 7. The van der Waals surface area contributed by atoms with Gasteiger partial charge in [-0.3, -0.25) is 9.59 Å². The summed E-state index contributed by atoms with van der Waals surface area (Å²) in [6, 6.07) is 12.3. The fourth-order valence-corrected chi connectivity index (χ4v) is 3.43. The molecule has 0 radical (unpaired) electrons. The quantitative estimate of drug-likeness (QED) is 0.455. The van der Waals surface area contributed by atoms with E-state index in [0.717, 1.165) is 5.69 Å². The van der Waals surface area contributed by atoms with Crippen molar-refractivity contribution < 1.29 is 19.1 Å². The van der Waals surface area contributed by atoms with Gasteiger partial charge in [0.05, 0.1) is 5.69 Å². The average molecular weight is 425 g/mol. The lowest BCUT2D eigenvalue weighted by atomic mass is 10.1. The van der Waals surface area contributed by atoms with Crippen molar-refractivity contribution in [1.82, 2.24) is 20.2 Å². The SMILES string of the molecule is CSc1nnnn1-c1cccc(NC(=O)CCC(=O)c2ccc3c(c2)OCCO3)c1. The lowest BCUT2D eigenvalue weighted by Crippen LogP contribution is -2.16. The molecule has 1 aromatic heterocycles. The van der Waals surface area contributed by atoms with Crippen molar-refractivity contribution in [2.24, 2.45) is 0 Å². The molecular formula is C20H19N5O4S. The van der Waals surface area contributed by atoms with E-state index in [2.05, 4.69) is 20.8 Å². The van der Waals surface area contributed by atoms with Crippen LogP contribution < -0.4 is 14.8 Å². The number of anilines is 1. The number of thioether (sulfide) groups is 1. The van der Waals surface area contributed by atoms with E-state index in [0.29, 0.717) is 41.1 Å². The van der Waals surface area contributed by atoms with Gasteiger partial charge in [0.2, 0.25) is 11.1 Å². The van der Waals surface area contributed by atoms with Crippen LogP contribution in [-0.4, -0.2) is 51.4 Å². The number of carbonyl (C=O) groups excluding carboxylic acids is 2. The van der Waals surface area contributed by atoms with Crippen LogP contribution in [0, 0.1) is 0 Å². The van der Waals surface area contributed by atoms with Crippen molar-refractivity contribution >= 4 is 29.1 Å². The Morgan fingerprint density at radius 2 is 1.93 bits per heavy atom. The predicted octanol–water partition coefficient (Wildman–Crippen LogP) is 2.76. The minimum absolute atomic E-state index is 0.0679. The Labute approximate surface area is 176 Å². The van der Waals surface area contributed by atoms with Gasteiger partial charge in [0.1, 0.15) is 13.2 Å². The fourth-order valence-electron chi connectivity index (χ4n) is 3.00. The van der Waals surface area contributed by atoms with Crippen LogP contribution >= 0.6 is 11.8 Å². The second-order valence-electron chi connectivity index (χ2n) is 6.46. The number of aromatic nitrogens is 4. The molecule has 2 aromatic carbocycles. The van der Waals surface area contributed by atoms with Gasteiger partial charge in [-0.15, -0.1) is 5.10 Å². The number of carbonyl (C=O) groups is 2. The van der Waals surface area contributed by atoms with Crippen molar-refractivity contribution in [2.75, 3.05) is 24.8 Å². The van der Waals surface area contributed by atoms with Gasteiger partial charge < -0.3 is 14.8 Å². The van der Waals surface area contributed by atoms with Crippen LogP contribution in [0.15, 0.2) is 47.6 Å². The number of hydrogen-bond acceptors (Lipinski definition) is 8. The summed E-state index contributed by atoms with van der Waals surface area (Å²) in [6.45, 7) is 0.947. The molecule has 0 saturated heterocycles. The van der Waals surface area contributed by atoms with Gasteiger partial charge in [0.25, 0.3) is 0 Å². The summed E-state index contributed by atoms with van der Waals surface area (Å²) in [5.41, 5.74) is 1.83. The summed E-state index contributed by atoms with van der Waals surface area (Å²) in [6.07, 6.45) is 2.04. The van der Waals surface area contributed by atoms with Crippen LogP contribution in [-0.2, 0) is 4.79 Å². The molecule has 0 bridgehead atoms. The lowest BCUT2D eigenvalue weighted by molar-refractivity contribution is -0.116. The Balaban J connectivity index is 1.36. The van der Waals surface area contributed by atoms with Crippen molar-refractivity contribution in [3.8, 4) is 17.2 Å². The zero-order valence-electron chi connectivity index (χ0n) is 16.2. The smallest absolute Gasteiger partial charge is 0.224 e. The summed E-state index contributed by atoms with van der Waals surface area (Å²) in [5, 5.41) is 15.0. The van der Waals surface area contributed by atoms with Gasteiger partial charge in [0, 0.05) is 24.1 Å². The standard InChI is InChI=1S/C20H19N5O4S/c1-30-20-22-23-24-25(20)15-4-2-3-14(12-15)21-19(27)8-6-16(26)13-5-7-17-18(11-13)29-10-9-28-17/h2-5,7,11-12H,6,8-10H2,1H3,(H,21,27). The molecule has 30 heavy (non-hydrogen) atoms. The topological polar surface area (TPSA) is 108 Å². The summed E-state index contributed by atoms with van der Waals surface area (Å²) >= 11 is 1.42. The first-order valence-corrected chi connectivity index (χ1v) is 10.5. The first kappa shape index (κ1) is 19.9. The van der Waals surface area contributed by atoms with E-state index in [1.165, 1.54) is 11.8 Å². The number of benzene rings is 2. The van der Waals surface area contributed by atoms with Crippen molar-refractivity contribution in [2.45, 2.75) is 18.0 Å². The zero-order chi connectivity index (χ0) is 20.9. The van der Waals surface area contributed by atoms with Gasteiger partial charge in [-0.25, -0.2) is 0 Å². The van der Waals surface area contributed by atoms with Crippen molar-refractivity contribution in [3.05, 3.63) is 48.0 Å². The highest BCUT2D eigenvalue weighted by atomic mass is 32.2. The maximum Gasteiger partial charge on any atom is 0.224 e. The van der Waals surface area contributed by atoms with Crippen molar-refractivity contribution in [1.29, 1.82) is 0 Å². The number of nitrogens with zero attached hydrogens (tertiary/aromatic N) is 4. The summed E-state index contributed by atoms with van der Waals surface area (Å²) in [7, 11) is 0. The van der Waals surface area contributed by atoms with Gasteiger partial charge >= 0.3 is 0 Å². The summed E-state index contributed by atoms with van der Waals surface area (Å²) < 4.78 is 12.6. The molecule has 1 N–H and O–H groups in total. The number of fused-ring (bicyclic) bond motifs is 1. The average Bonchev–Trinajstić information content (AvgIpc) is 3.26. The second kappa shape index (κ2) is 8.95. The van der Waals surface area contributed by atoms with E-state index in [9.17, 15) is 9.59 Å². The number of amides is 1. The van der Waals surface area contributed by atoms with Crippen molar-refractivity contribution in [3.63, 3.8) is 0 Å². The number of tetrazole rings is 1. The van der Waals surface area contributed by atoms with Crippen LogP contribution in [0.5, 0.6) is 11.5 Å². The van der Waals surface area contributed by atoms with Gasteiger partial charge in [0.15, 0.2) is 17.3 Å². The largest absolute Gasteiger partial charge is 0.486 e. The molecular weight excluding hydrogens is 406 g/mol. The maximum atomic E-state index is 12.5. The first-order chi connectivity index (χ1) is 14.6. The molecule has 1 aliphatic heterocycles. The third-order valence-electron chi connectivity index (χ3n) is 4.44. The molecule has 0 aliphatic carbocycles. The lowest BCUT2D eigenvalue weighted by Gasteiger charge is -2.18. The third kappa shape index (κ3) is 4.43. The monoisotopic (exact) mass is 425 g/mol. The Morgan fingerprint density at radius 1 is 1.10 bits per heavy atom. The van der Waals surface area contributed by atoms with Gasteiger partial charge in [-0.2, -0.15) is 4.68 Å². The van der Waals surface area contributed by atoms with Crippen LogP contribution in [0.25, 0.3) is 5.69 Å². The normalized spacial score (nSPS) is 12.4. The predicted molar refractivity (Wildman–Crippen MR) is 111 cm³/mol. The molecule has 9 nitrogen and oxygen atoms in total. The molecule has 0 spiro atoms. The number of ether oxygens (including phenoxy) is 2. The molecule has 0 atom stereocenters. The minimum atomic E-state index is -0.250. The van der Waals surface area contributed by atoms with Crippen LogP contribution in [0.3, 0.4) is 0 Å². The van der Waals surface area contributed by atoms with Gasteiger partial charge in [-0.1, -0.05) is 17.8 Å². The van der Waals surface area contributed by atoms with Crippen LogP contribution in [0.2, 0.25) is 0 Å². The first-order valence-electron chi connectivity index (χ1n) is 9.29. The highest BCUT2D eigenvalue weighted by Gasteiger charge is 2.16. The Kier molecular flexibility index (Phi) is 5.94. The second-order valence-corrected chi connectivity index (χ2v) is 7.23. The highest BCUT2D eigenvalue weighted by molar-refractivity contribution is 7.98. The number of nitrogens with one attached hydrogen (secondary N) is 1. The molecule has 0 unspecified atom stereocenters. The fraction of sp³-hybridized carbons (Fsp3) is 0.250. The molecule has 2 heterocycles. The number of Topliss-reactive ketones (excluding diaryl/α,β-unsaturated/α-hetero) is 1. The Bertz CT molecular complexity index is 1080. The molecule has 154 valence electrons. The maximum absolute atomic E-state index is 12.5. The van der Waals surface area contributed by atoms with Gasteiger partial charge in [-0.05, 0) is 53.1 Å². The highest BCUT2D eigenvalue weighted by Crippen LogP contribution is 2.31. The zero-order valence-corrected chi connectivity index (χ0v) is 17.0. The van der Waals surface area contributed by atoms with E-state index in [4.69, 9.17) is 9.47 Å². The minimum Gasteiger partial charge on any atom is -0.486 e. The van der Waals surface area contributed by atoms with Crippen LogP contribution in [0.4, 0.5) is 5.69 Å². The summed E-state index contributed by atoms with van der Waals surface area (Å²) in [5.74, 6) is 0.803. The van der Waals surface area contributed by atoms with E-state index < -0.39 is 0 Å². The van der Waals surface area contributed by atoms with E-state index in [1.807, 2.05) is 12.3 Å². The number of hydrogen-bond donors (Lipinski definition) is 1. The Morgan fingerprint density at radius 3 is 2.77 bits per heavy atom. The van der Waals surface area contributed by atoms with E-state index in [1.54, 1.807) is 41.1 Å². The number of ketones is 1. The molecule has 1 amide bonds. The van der Waals surface area contributed by atoms with Crippen LogP contribution in [0.1, 0.15) is 23.2 Å². The molecule has 0 saturated carbocycles. The molecule has 1 aliphatic rings.